The van der Waals surface area contributed by atoms with Gasteiger partial charge in [0.05, 0.1) is 17.3 Å². The highest BCUT2D eigenvalue weighted by Gasteiger charge is 2.05. The van der Waals surface area contributed by atoms with Gasteiger partial charge in [0.1, 0.15) is 17.6 Å². The van der Waals surface area contributed by atoms with Gasteiger partial charge in [0.15, 0.2) is 0 Å². The molecule has 1 aromatic heterocycles. The molecule has 0 spiro atoms. The molecule has 0 aliphatic heterocycles. The Morgan fingerprint density at radius 1 is 1.26 bits per heavy atom. The van der Waals surface area contributed by atoms with E-state index in [1.807, 2.05) is 12.3 Å². The molecule has 2 aromatic rings. The second kappa shape index (κ2) is 5.24. The first-order chi connectivity index (χ1) is 9.13. The standard InChI is InChI=1S/C14H11FN4/c1-19-9-11(4-12(19)7-17)8-18-14-3-2-10(6-16)5-13(14)15/h2-5,9,18H,8H2,1H3. The van der Waals surface area contributed by atoms with Crippen LogP contribution in [0.2, 0.25) is 0 Å². The summed E-state index contributed by atoms with van der Waals surface area (Å²) in [4.78, 5) is 0. The van der Waals surface area contributed by atoms with E-state index in [-0.39, 0.29) is 5.56 Å². The van der Waals surface area contributed by atoms with E-state index in [4.69, 9.17) is 10.5 Å². The molecule has 0 fully saturated rings. The van der Waals surface area contributed by atoms with E-state index in [0.717, 1.165) is 5.56 Å². The van der Waals surface area contributed by atoms with Crippen LogP contribution >= 0.6 is 0 Å². The second-order valence-electron chi connectivity index (χ2n) is 4.12. The molecule has 1 aromatic carbocycles. The third-order valence-electron chi connectivity index (χ3n) is 2.76. The Kier molecular flexibility index (Phi) is 3.49. The van der Waals surface area contributed by atoms with Crippen LogP contribution in [0.4, 0.5) is 10.1 Å². The van der Waals surface area contributed by atoms with Crippen LogP contribution in [0.5, 0.6) is 0 Å². The van der Waals surface area contributed by atoms with E-state index in [1.54, 1.807) is 23.7 Å². The fraction of sp³-hybridized carbons (Fsp3) is 0.143. The van der Waals surface area contributed by atoms with Gasteiger partial charge < -0.3 is 9.88 Å². The molecule has 0 unspecified atom stereocenters. The van der Waals surface area contributed by atoms with Crippen LogP contribution in [-0.2, 0) is 13.6 Å². The second-order valence-corrected chi connectivity index (χ2v) is 4.12. The number of nitrogens with zero attached hydrogens (tertiary/aromatic N) is 3. The number of nitrogens with one attached hydrogen (secondary N) is 1. The fourth-order valence-electron chi connectivity index (χ4n) is 1.77. The summed E-state index contributed by atoms with van der Waals surface area (Å²) < 4.78 is 15.3. The van der Waals surface area contributed by atoms with Gasteiger partial charge in [0.25, 0.3) is 0 Å². The summed E-state index contributed by atoms with van der Waals surface area (Å²) >= 11 is 0. The van der Waals surface area contributed by atoms with E-state index >= 15 is 0 Å². The van der Waals surface area contributed by atoms with Gasteiger partial charge in [-0.1, -0.05) is 0 Å². The normalized spacial score (nSPS) is 9.68. The number of nitriles is 2. The van der Waals surface area contributed by atoms with Crippen LogP contribution in [0.1, 0.15) is 16.8 Å². The minimum Gasteiger partial charge on any atom is -0.379 e. The topological polar surface area (TPSA) is 64.5 Å². The lowest BCUT2D eigenvalue weighted by atomic mass is 10.2. The monoisotopic (exact) mass is 254 g/mol. The van der Waals surface area contributed by atoms with Gasteiger partial charge in [-0.2, -0.15) is 10.5 Å². The maximum absolute atomic E-state index is 13.6. The summed E-state index contributed by atoms with van der Waals surface area (Å²) in [6.07, 6.45) is 1.81. The zero-order chi connectivity index (χ0) is 13.8. The van der Waals surface area contributed by atoms with E-state index < -0.39 is 5.82 Å². The van der Waals surface area contributed by atoms with Crippen molar-refractivity contribution in [1.29, 1.82) is 10.5 Å². The highest BCUT2D eigenvalue weighted by Crippen LogP contribution is 2.17. The summed E-state index contributed by atoms with van der Waals surface area (Å²) in [5, 5.41) is 20.4. The number of hydrogen-bond donors (Lipinski definition) is 1. The average Bonchev–Trinajstić information content (AvgIpc) is 2.77. The van der Waals surface area contributed by atoms with Crippen molar-refractivity contribution in [2.75, 3.05) is 5.32 Å². The number of halogens is 1. The maximum Gasteiger partial charge on any atom is 0.147 e. The van der Waals surface area contributed by atoms with E-state index in [0.29, 0.717) is 17.9 Å². The van der Waals surface area contributed by atoms with Crippen molar-refractivity contribution in [3.8, 4) is 12.1 Å². The average molecular weight is 254 g/mol. The predicted molar refractivity (Wildman–Crippen MR) is 68.6 cm³/mol. The molecule has 0 radical (unpaired) electrons. The van der Waals surface area contributed by atoms with E-state index in [9.17, 15) is 4.39 Å². The van der Waals surface area contributed by atoms with Crippen molar-refractivity contribution in [3.63, 3.8) is 0 Å². The Morgan fingerprint density at radius 2 is 2.05 bits per heavy atom. The van der Waals surface area contributed by atoms with Crippen LogP contribution in [0.3, 0.4) is 0 Å². The van der Waals surface area contributed by atoms with Crippen LogP contribution in [-0.4, -0.2) is 4.57 Å². The molecule has 1 N–H and O–H groups in total. The smallest absolute Gasteiger partial charge is 0.147 e. The fourth-order valence-corrected chi connectivity index (χ4v) is 1.77. The van der Waals surface area contributed by atoms with Crippen molar-refractivity contribution < 1.29 is 4.39 Å². The van der Waals surface area contributed by atoms with Gasteiger partial charge in [-0.15, -0.1) is 0 Å². The molecule has 0 saturated carbocycles. The lowest BCUT2D eigenvalue weighted by molar-refractivity contribution is 0.629. The molecule has 2 rings (SSSR count). The first-order valence-electron chi connectivity index (χ1n) is 5.63. The van der Waals surface area contributed by atoms with Crippen molar-refractivity contribution in [1.82, 2.24) is 4.57 Å². The zero-order valence-corrected chi connectivity index (χ0v) is 10.3. The summed E-state index contributed by atoms with van der Waals surface area (Å²) in [7, 11) is 1.78. The number of aryl methyl sites for hydroxylation is 1. The van der Waals surface area contributed by atoms with Gasteiger partial charge in [-0.3, -0.25) is 0 Å². The summed E-state index contributed by atoms with van der Waals surface area (Å²) in [6.45, 7) is 0.415. The van der Waals surface area contributed by atoms with E-state index in [2.05, 4.69) is 11.4 Å². The summed E-state index contributed by atoms with van der Waals surface area (Å²) in [6, 6.07) is 9.96. The number of anilines is 1. The molecule has 4 nitrogen and oxygen atoms in total. The molecule has 19 heavy (non-hydrogen) atoms. The molecule has 0 saturated heterocycles. The van der Waals surface area contributed by atoms with Crippen LogP contribution < -0.4 is 5.32 Å². The lowest BCUT2D eigenvalue weighted by Crippen LogP contribution is -2.00. The van der Waals surface area contributed by atoms with Crippen LogP contribution in [0.15, 0.2) is 30.5 Å². The number of hydrogen-bond acceptors (Lipinski definition) is 3. The van der Waals surface area contributed by atoms with Gasteiger partial charge >= 0.3 is 0 Å². The number of rotatable bonds is 3. The Hall–Kier alpha value is -2.79. The Labute approximate surface area is 110 Å². The largest absolute Gasteiger partial charge is 0.379 e. The van der Waals surface area contributed by atoms with Crippen LogP contribution in [0.25, 0.3) is 0 Å². The molecule has 1 heterocycles. The highest BCUT2D eigenvalue weighted by molar-refractivity contribution is 5.49. The Balaban J connectivity index is 2.11. The molecule has 94 valence electrons. The molecule has 0 bridgehead atoms. The van der Waals surface area contributed by atoms with Crippen molar-refractivity contribution in [2.24, 2.45) is 7.05 Å². The molecular formula is C14H11FN4. The molecule has 5 heteroatoms. The lowest BCUT2D eigenvalue weighted by Gasteiger charge is -2.06. The van der Waals surface area contributed by atoms with Crippen molar-refractivity contribution >= 4 is 5.69 Å². The highest BCUT2D eigenvalue weighted by atomic mass is 19.1. The molecule has 0 aliphatic rings. The summed E-state index contributed by atoms with van der Waals surface area (Å²) in [5.74, 6) is -0.463. The van der Waals surface area contributed by atoms with Crippen molar-refractivity contribution in [3.05, 3.63) is 53.1 Å². The first kappa shape index (κ1) is 12.7. The Morgan fingerprint density at radius 3 is 2.63 bits per heavy atom. The third-order valence-corrected chi connectivity index (χ3v) is 2.76. The molecule has 0 aliphatic carbocycles. The Bertz CT molecular complexity index is 688. The van der Waals surface area contributed by atoms with Crippen LogP contribution in [0, 0.1) is 28.5 Å². The maximum atomic E-state index is 13.6. The number of benzene rings is 1. The first-order valence-corrected chi connectivity index (χ1v) is 5.63. The van der Waals surface area contributed by atoms with Gasteiger partial charge in [0.2, 0.25) is 0 Å². The van der Waals surface area contributed by atoms with E-state index in [1.165, 1.54) is 12.1 Å². The minimum absolute atomic E-state index is 0.287. The summed E-state index contributed by atoms with van der Waals surface area (Å²) in [5.41, 5.74) is 2.07. The number of aromatic nitrogens is 1. The van der Waals surface area contributed by atoms with Gasteiger partial charge in [-0.05, 0) is 29.8 Å². The molecule has 0 amide bonds. The van der Waals surface area contributed by atoms with Gasteiger partial charge in [-0.25, -0.2) is 4.39 Å². The minimum atomic E-state index is -0.463. The van der Waals surface area contributed by atoms with Gasteiger partial charge in [0, 0.05) is 19.8 Å². The molecule has 0 atom stereocenters. The third kappa shape index (κ3) is 2.72. The predicted octanol–water partition coefficient (Wildman–Crippen LogP) is 2.52. The van der Waals surface area contributed by atoms with Crippen molar-refractivity contribution in [2.45, 2.75) is 6.54 Å². The zero-order valence-electron chi connectivity index (χ0n) is 10.3. The quantitative estimate of drug-likeness (QED) is 0.915. The molecular weight excluding hydrogens is 243 g/mol. The SMILES string of the molecule is Cn1cc(CNc2ccc(C#N)cc2F)cc1C#N.